The lowest BCUT2D eigenvalue weighted by molar-refractivity contribution is -0.0910. The Labute approximate surface area is 128 Å². The minimum absolute atomic E-state index is 0.0342. The summed E-state index contributed by atoms with van der Waals surface area (Å²) in [5.41, 5.74) is 6.57. The highest BCUT2D eigenvalue weighted by atomic mass is 32.2. The fourth-order valence-electron chi connectivity index (χ4n) is 2.39. The highest BCUT2D eigenvalue weighted by Gasteiger charge is 2.34. The summed E-state index contributed by atoms with van der Waals surface area (Å²) in [7, 11) is 2.04. The van der Waals surface area contributed by atoms with Gasteiger partial charge in [0.1, 0.15) is 16.6 Å². The lowest BCUT2D eigenvalue weighted by Crippen LogP contribution is -2.52. The maximum atomic E-state index is 8.68. The monoisotopic (exact) mass is 310 g/mol. The van der Waals surface area contributed by atoms with Crippen LogP contribution in [0, 0.1) is 11.3 Å². The molecule has 7 heteroatoms. The first kappa shape index (κ1) is 15.4. The summed E-state index contributed by atoms with van der Waals surface area (Å²) in [5, 5.41) is 8.68. The van der Waals surface area contributed by atoms with E-state index in [0.29, 0.717) is 10.7 Å². The van der Waals surface area contributed by atoms with Crippen LogP contribution in [-0.2, 0) is 4.74 Å². The van der Waals surface area contributed by atoms with Crippen LogP contribution in [0.25, 0.3) is 0 Å². The van der Waals surface area contributed by atoms with Crippen molar-refractivity contribution in [3.8, 4) is 6.07 Å². The van der Waals surface area contributed by atoms with Crippen molar-refractivity contribution in [2.45, 2.75) is 31.2 Å². The second-order valence-corrected chi connectivity index (χ2v) is 6.62. The van der Waals surface area contributed by atoms with Gasteiger partial charge in [0.25, 0.3) is 0 Å². The quantitative estimate of drug-likeness (QED) is 0.789. The van der Waals surface area contributed by atoms with E-state index in [1.165, 1.54) is 11.8 Å². The number of thiocarbonyl (C=S) groups is 1. The van der Waals surface area contributed by atoms with Crippen LogP contribution in [0.3, 0.4) is 0 Å². The second-order valence-electron chi connectivity index (χ2n) is 4.90. The molecule has 0 bridgehead atoms. The summed E-state index contributed by atoms with van der Waals surface area (Å²) in [6.07, 6.45) is 5.33. The Kier molecular flexibility index (Phi) is 5.54. The first-order valence-corrected chi connectivity index (χ1v) is 7.88. The van der Waals surface area contributed by atoms with E-state index >= 15 is 0 Å². The SMILES string of the molecule is CN1CC(CCC#N)OC2C=C(CSC(N)=S)C=NC21. The highest BCUT2D eigenvalue weighted by Crippen LogP contribution is 2.25. The van der Waals surface area contributed by atoms with E-state index in [4.69, 9.17) is 28.0 Å². The molecule has 1 fully saturated rings. The van der Waals surface area contributed by atoms with Gasteiger partial charge in [-0.2, -0.15) is 5.26 Å². The number of nitriles is 1. The number of thioether (sulfide) groups is 1. The van der Waals surface area contributed by atoms with Crippen molar-refractivity contribution in [1.29, 1.82) is 5.26 Å². The molecule has 1 saturated heterocycles. The van der Waals surface area contributed by atoms with Crippen LogP contribution in [0.5, 0.6) is 0 Å². The van der Waals surface area contributed by atoms with Gasteiger partial charge in [0.05, 0.1) is 12.2 Å². The third-order valence-corrected chi connectivity index (χ3v) is 4.43. The third-order valence-electron chi connectivity index (χ3n) is 3.32. The second kappa shape index (κ2) is 7.18. The van der Waals surface area contributed by atoms with Gasteiger partial charge in [-0.3, -0.25) is 9.89 Å². The summed E-state index contributed by atoms with van der Waals surface area (Å²) in [4.78, 5) is 6.73. The summed E-state index contributed by atoms with van der Waals surface area (Å²) < 4.78 is 6.48. The number of rotatable bonds is 4. The van der Waals surface area contributed by atoms with Crippen molar-refractivity contribution < 1.29 is 4.74 Å². The minimum atomic E-state index is -0.0515. The zero-order chi connectivity index (χ0) is 14.5. The summed E-state index contributed by atoms with van der Waals surface area (Å²) in [6, 6.07) is 2.17. The molecule has 3 unspecified atom stereocenters. The number of ether oxygens (including phenoxy) is 1. The first-order valence-electron chi connectivity index (χ1n) is 6.49. The molecule has 0 aromatic carbocycles. The number of aliphatic imine (C=N–C) groups is 1. The number of hydrogen-bond donors (Lipinski definition) is 1. The predicted octanol–water partition coefficient (Wildman–Crippen LogP) is 1.30. The lowest BCUT2D eigenvalue weighted by Gasteiger charge is -2.41. The van der Waals surface area contributed by atoms with Crippen LogP contribution in [0.2, 0.25) is 0 Å². The molecule has 20 heavy (non-hydrogen) atoms. The topological polar surface area (TPSA) is 74.6 Å². The van der Waals surface area contributed by atoms with Crippen molar-refractivity contribution >= 4 is 34.5 Å². The molecule has 0 spiro atoms. The number of hydrogen-bond acceptors (Lipinski definition) is 6. The van der Waals surface area contributed by atoms with Gasteiger partial charge >= 0.3 is 0 Å². The van der Waals surface area contributed by atoms with E-state index < -0.39 is 0 Å². The van der Waals surface area contributed by atoms with Gasteiger partial charge in [0.15, 0.2) is 0 Å². The first-order chi connectivity index (χ1) is 9.60. The van der Waals surface area contributed by atoms with Crippen molar-refractivity contribution in [1.82, 2.24) is 4.90 Å². The summed E-state index contributed by atoms with van der Waals surface area (Å²) in [5.74, 6) is 0.720. The lowest BCUT2D eigenvalue weighted by atomic mass is 10.1. The third kappa shape index (κ3) is 4.03. The van der Waals surface area contributed by atoms with Crippen molar-refractivity contribution in [2.75, 3.05) is 19.3 Å². The van der Waals surface area contributed by atoms with Crippen LogP contribution in [0.4, 0.5) is 0 Å². The highest BCUT2D eigenvalue weighted by molar-refractivity contribution is 8.23. The molecule has 2 rings (SSSR count). The van der Waals surface area contributed by atoms with Crippen molar-refractivity contribution in [2.24, 2.45) is 10.7 Å². The maximum Gasteiger partial charge on any atom is 0.132 e. The molecule has 3 atom stereocenters. The molecule has 0 aromatic heterocycles. The van der Waals surface area contributed by atoms with Gasteiger partial charge < -0.3 is 10.5 Å². The van der Waals surface area contributed by atoms with Gasteiger partial charge in [-0.25, -0.2) is 0 Å². The van der Waals surface area contributed by atoms with E-state index in [1.54, 1.807) is 0 Å². The van der Waals surface area contributed by atoms with Gasteiger partial charge in [0, 0.05) is 24.9 Å². The number of nitrogens with zero attached hydrogens (tertiary/aromatic N) is 3. The minimum Gasteiger partial charge on any atom is -0.385 e. The Morgan fingerprint density at radius 1 is 1.75 bits per heavy atom. The maximum absolute atomic E-state index is 8.68. The van der Waals surface area contributed by atoms with Gasteiger partial charge in [-0.1, -0.05) is 24.0 Å². The normalized spacial score (nSPS) is 29.4. The van der Waals surface area contributed by atoms with E-state index in [0.717, 1.165) is 24.3 Å². The Morgan fingerprint density at radius 2 is 2.55 bits per heavy atom. The molecular weight excluding hydrogens is 292 g/mol. The molecule has 0 radical (unpaired) electrons. The van der Waals surface area contributed by atoms with E-state index in [9.17, 15) is 0 Å². The van der Waals surface area contributed by atoms with Crippen LogP contribution >= 0.6 is 24.0 Å². The molecule has 0 aliphatic carbocycles. The Balaban J connectivity index is 1.98. The molecule has 0 aromatic rings. The largest absolute Gasteiger partial charge is 0.385 e. The Morgan fingerprint density at radius 3 is 3.25 bits per heavy atom. The predicted molar refractivity (Wildman–Crippen MR) is 85.7 cm³/mol. The number of fused-ring (bicyclic) bond motifs is 1. The fourth-order valence-corrected chi connectivity index (χ4v) is 3.05. The van der Waals surface area contributed by atoms with Crippen LogP contribution in [0.15, 0.2) is 16.6 Å². The number of nitrogens with two attached hydrogens (primary N) is 1. The molecule has 2 heterocycles. The molecular formula is C13H18N4OS2. The Bertz CT molecular complexity index is 471. The van der Waals surface area contributed by atoms with Gasteiger partial charge in [-0.05, 0) is 25.1 Å². The molecule has 2 aliphatic rings. The molecule has 2 aliphatic heterocycles. The average Bonchev–Trinajstić information content (AvgIpc) is 2.42. The molecule has 0 saturated carbocycles. The average molecular weight is 310 g/mol. The number of dihydropyridines is 1. The van der Waals surface area contributed by atoms with Gasteiger partial charge in [-0.15, -0.1) is 0 Å². The molecule has 0 amide bonds. The zero-order valence-corrected chi connectivity index (χ0v) is 13.0. The van der Waals surface area contributed by atoms with Crippen molar-refractivity contribution in [3.63, 3.8) is 0 Å². The van der Waals surface area contributed by atoms with Gasteiger partial charge in [0.2, 0.25) is 0 Å². The zero-order valence-electron chi connectivity index (χ0n) is 11.4. The standard InChI is InChI=1S/C13H18N4OS2/c1-17-7-10(3-2-4-14)18-11-5-9(6-16-12(11)17)8-20-13(15)19/h5-6,10-12H,2-3,7-8H2,1H3,(H2,15,19). The molecule has 5 nitrogen and oxygen atoms in total. The van der Waals surface area contributed by atoms with E-state index in [-0.39, 0.29) is 18.4 Å². The Hall–Kier alpha value is -0.940. The molecule has 108 valence electrons. The molecule has 2 N–H and O–H groups in total. The van der Waals surface area contributed by atoms with Crippen LogP contribution in [0.1, 0.15) is 12.8 Å². The van der Waals surface area contributed by atoms with Crippen LogP contribution < -0.4 is 5.73 Å². The van der Waals surface area contributed by atoms with E-state index in [2.05, 4.69) is 22.0 Å². The number of morpholine rings is 1. The van der Waals surface area contributed by atoms with E-state index in [1.807, 2.05) is 13.3 Å². The van der Waals surface area contributed by atoms with Crippen LogP contribution in [-0.4, -0.2) is 53.2 Å². The van der Waals surface area contributed by atoms with Crippen molar-refractivity contribution in [3.05, 3.63) is 11.6 Å². The fraction of sp³-hybridized carbons (Fsp3) is 0.615. The smallest absolute Gasteiger partial charge is 0.132 e. The summed E-state index contributed by atoms with van der Waals surface area (Å²) >= 11 is 6.29. The number of likely N-dealkylation sites (N-methyl/N-ethyl adjacent to an activating group) is 1. The summed E-state index contributed by atoms with van der Waals surface area (Å²) in [6.45, 7) is 0.811.